The third kappa shape index (κ3) is 3.72. The lowest BCUT2D eigenvalue weighted by Crippen LogP contribution is -2.44. The Labute approximate surface area is 69.4 Å². The second-order valence-electron chi connectivity index (χ2n) is 2.08. The highest BCUT2D eigenvalue weighted by Gasteiger charge is 2.20. The maximum Gasteiger partial charge on any atom is 0.318 e. The lowest BCUT2D eigenvalue weighted by atomic mass is 10.2. The molecule has 4 N–H and O–H groups in total. The van der Waals surface area contributed by atoms with Crippen LogP contribution < -0.4 is 11.1 Å². The Bertz CT molecular complexity index is 173. The summed E-state index contributed by atoms with van der Waals surface area (Å²) in [6.07, 6.45) is 0. The third-order valence-electron chi connectivity index (χ3n) is 1.10. The first kappa shape index (κ1) is 10.1. The van der Waals surface area contributed by atoms with E-state index in [2.05, 4.69) is 17.9 Å². The molecule has 0 bridgehead atoms. The first-order valence-electron chi connectivity index (χ1n) is 2.92. The summed E-state index contributed by atoms with van der Waals surface area (Å²) in [6.45, 7) is 1.51. The van der Waals surface area contributed by atoms with E-state index in [1.54, 1.807) is 0 Å². The second-order valence-corrected chi connectivity index (χ2v) is 2.64. The van der Waals surface area contributed by atoms with Crippen LogP contribution in [0.15, 0.2) is 0 Å². The fraction of sp³-hybridized carbons (Fsp3) is 0.600. The zero-order valence-electron chi connectivity index (χ0n) is 5.94. The molecular formula is C5H10N2O3S. The van der Waals surface area contributed by atoms with Crippen LogP contribution in [0.4, 0.5) is 4.79 Å². The lowest BCUT2D eigenvalue weighted by molar-refractivity contribution is -0.136. The zero-order valence-corrected chi connectivity index (χ0v) is 6.84. The number of nitrogens with one attached hydrogen (secondary N) is 1. The Morgan fingerprint density at radius 1 is 1.64 bits per heavy atom. The SMILES string of the molecule is CC(NC(N)=O)[C@H](S)C(=O)O. The Morgan fingerprint density at radius 2 is 2.09 bits per heavy atom. The number of carbonyl (C=O) groups excluding carboxylic acids is 1. The number of hydrogen-bond acceptors (Lipinski definition) is 3. The van der Waals surface area contributed by atoms with Gasteiger partial charge in [-0.2, -0.15) is 12.6 Å². The number of urea groups is 1. The van der Waals surface area contributed by atoms with Crippen LogP contribution in [-0.4, -0.2) is 28.4 Å². The quantitative estimate of drug-likeness (QED) is 0.436. The van der Waals surface area contributed by atoms with Crippen molar-refractivity contribution in [3.8, 4) is 0 Å². The van der Waals surface area contributed by atoms with Crippen LogP contribution in [0.3, 0.4) is 0 Å². The number of hydrogen-bond donors (Lipinski definition) is 4. The summed E-state index contributed by atoms with van der Waals surface area (Å²) < 4.78 is 0. The van der Waals surface area contributed by atoms with Crippen molar-refractivity contribution in [2.45, 2.75) is 18.2 Å². The van der Waals surface area contributed by atoms with E-state index in [4.69, 9.17) is 10.8 Å². The number of carboxylic acids is 1. The minimum absolute atomic E-state index is 0.576. The first-order chi connectivity index (χ1) is 4.95. The fourth-order valence-corrected chi connectivity index (χ4v) is 0.592. The highest BCUT2D eigenvalue weighted by atomic mass is 32.1. The molecule has 6 heteroatoms. The van der Waals surface area contributed by atoms with Gasteiger partial charge in [0.15, 0.2) is 0 Å². The van der Waals surface area contributed by atoms with E-state index in [1.807, 2.05) is 0 Å². The summed E-state index contributed by atoms with van der Waals surface area (Å²) in [5.41, 5.74) is 4.75. The Kier molecular flexibility index (Phi) is 3.73. The molecule has 0 aromatic rings. The van der Waals surface area contributed by atoms with Crippen LogP contribution in [0.25, 0.3) is 0 Å². The molecule has 0 radical (unpaired) electrons. The number of rotatable bonds is 3. The van der Waals surface area contributed by atoms with E-state index in [9.17, 15) is 9.59 Å². The van der Waals surface area contributed by atoms with Gasteiger partial charge in [-0.1, -0.05) is 0 Å². The largest absolute Gasteiger partial charge is 0.480 e. The van der Waals surface area contributed by atoms with E-state index >= 15 is 0 Å². The van der Waals surface area contributed by atoms with Gasteiger partial charge in [-0.25, -0.2) is 4.79 Å². The maximum atomic E-state index is 10.3. The predicted octanol–water partition coefficient (Wildman–Crippen LogP) is -0.574. The van der Waals surface area contributed by atoms with E-state index in [-0.39, 0.29) is 0 Å². The number of primary amides is 1. The molecule has 0 spiro atoms. The van der Waals surface area contributed by atoms with E-state index in [0.717, 1.165) is 0 Å². The van der Waals surface area contributed by atoms with Crippen molar-refractivity contribution in [3.63, 3.8) is 0 Å². The monoisotopic (exact) mass is 178 g/mol. The Balaban J connectivity index is 3.92. The van der Waals surface area contributed by atoms with Crippen LogP contribution in [0.1, 0.15) is 6.92 Å². The highest BCUT2D eigenvalue weighted by Crippen LogP contribution is 2.00. The molecule has 1 unspecified atom stereocenters. The zero-order chi connectivity index (χ0) is 9.02. The van der Waals surface area contributed by atoms with Gasteiger partial charge in [0, 0.05) is 6.04 Å². The summed E-state index contributed by atoms with van der Waals surface area (Å²) >= 11 is 3.72. The summed E-state index contributed by atoms with van der Waals surface area (Å²) in [4.78, 5) is 20.5. The number of thiol groups is 1. The average Bonchev–Trinajstić information content (AvgIpc) is 1.84. The normalized spacial score (nSPS) is 15.1. The van der Waals surface area contributed by atoms with Crippen molar-refractivity contribution < 1.29 is 14.7 Å². The predicted molar refractivity (Wildman–Crippen MR) is 42.6 cm³/mol. The van der Waals surface area contributed by atoms with E-state index in [0.29, 0.717) is 0 Å². The standard InChI is InChI=1S/C5H10N2O3S/c1-2(7-5(6)10)3(11)4(8)9/h2-3,11H,1H3,(H,8,9)(H3,6,7,10)/t2?,3-/m0/s1. The smallest absolute Gasteiger partial charge is 0.318 e. The molecule has 2 amide bonds. The first-order valence-corrected chi connectivity index (χ1v) is 3.43. The van der Waals surface area contributed by atoms with Gasteiger partial charge in [-0.05, 0) is 6.92 Å². The summed E-state index contributed by atoms with van der Waals surface area (Å²) in [5.74, 6) is -1.09. The van der Waals surface area contributed by atoms with E-state index in [1.165, 1.54) is 6.92 Å². The number of nitrogens with two attached hydrogens (primary N) is 1. The van der Waals surface area contributed by atoms with Gasteiger partial charge in [-0.15, -0.1) is 0 Å². The fourth-order valence-electron chi connectivity index (χ4n) is 0.517. The van der Waals surface area contributed by atoms with Crippen molar-refractivity contribution in [3.05, 3.63) is 0 Å². The molecule has 64 valence electrons. The van der Waals surface area contributed by atoms with Crippen molar-refractivity contribution in [1.82, 2.24) is 5.32 Å². The topological polar surface area (TPSA) is 92.4 Å². The summed E-state index contributed by atoms with van der Waals surface area (Å²) in [6, 6.07) is -1.33. The molecule has 0 aliphatic rings. The number of amides is 2. The van der Waals surface area contributed by atoms with Crippen LogP contribution in [0.2, 0.25) is 0 Å². The minimum atomic E-state index is -1.09. The van der Waals surface area contributed by atoms with Gasteiger partial charge < -0.3 is 16.2 Å². The minimum Gasteiger partial charge on any atom is -0.480 e. The molecule has 0 saturated carbocycles. The molecule has 0 aliphatic heterocycles. The van der Waals surface area contributed by atoms with Gasteiger partial charge >= 0.3 is 12.0 Å². The Hall–Kier alpha value is -0.910. The average molecular weight is 178 g/mol. The molecule has 0 fully saturated rings. The molecular weight excluding hydrogens is 168 g/mol. The molecule has 0 aromatic carbocycles. The molecule has 0 aliphatic carbocycles. The lowest BCUT2D eigenvalue weighted by Gasteiger charge is -2.14. The molecule has 0 heterocycles. The highest BCUT2D eigenvalue weighted by molar-refractivity contribution is 7.81. The number of carbonyl (C=O) groups is 2. The van der Waals surface area contributed by atoms with Crippen LogP contribution in [0.5, 0.6) is 0 Å². The molecule has 2 atom stereocenters. The molecule has 0 aromatic heterocycles. The van der Waals surface area contributed by atoms with Crippen LogP contribution in [0, 0.1) is 0 Å². The summed E-state index contributed by atoms with van der Waals surface area (Å²) in [7, 11) is 0. The molecule has 0 saturated heterocycles. The van der Waals surface area contributed by atoms with Gasteiger partial charge in [0.25, 0.3) is 0 Å². The maximum absolute atomic E-state index is 10.3. The van der Waals surface area contributed by atoms with Crippen molar-refractivity contribution in [1.29, 1.82) is 0 Å². The van der Waals surface area contributed by atoms with Crippen LogP contribution >= 0.6 is 12.6 Å². The van der Waals surface area contributed by atoms with Crippen molar-refractivity contribution >= 4 is 24.6 Å². The molecule has 11 heavy (non-hydrogen) atoms. The van der Waals surface area contributed by atoms with E-state index < -0.39 is 23.3 Å². The van der Waals surface area contributed by atoms with Gasteiger partial charge in [0.1, 0.15) is 5.25 Å². The molecule has 5 nitrogen and oxygen atoms in total. The van der Waals surface area contributed by atoms with Crippen molar-refractivity contribution in [2.24, 2.45) is 5.73 Å². The van der Waals surface area contributed by atoms with Gasteiger partial charge in [0.05, 0.1) is 0 Å². The number of carboxylic acid groups (broad SMARTS) is 1. The Morgan fingerprint density at radius 3 is 2.36 bits per heavy atom. The molecule has 0 rings (SSSR count). The second kappa shape index (κ2) is 4.07. The third-order valence-corrected chi connectivity index (χ3v) is 1.76. The van der Waals surface area contributed by atoms with Gasteiger partial charge in [-0.3, -0.25) is 4.79 Å². The summed E-state index contributed by atoms with van der Waals surface area (Å²) in [5, 5.41) is 9.67. The van der Waals surface area contributed by atoms with Crippen molar-refractivity contribution in [2.75, 3.05) is 0 Å². The van der Waals surface area contributed by atoms with Gasteiger partial charge in [0.2, 0.25) is 0 Å². The number of aliphatic carboxylic acids is 1. The van der Waals surface area contributed by atoms with Crippen LogP contribution in [-0.2, 0) is 4.79 Å².